The quantitative estimate of drug-likeness (QED) is 0.721. The minimum Gasteiger partial charge on any atom is -0.383 e. The molecule has 0 spiro atoms. The van der Waals surface area contributed by atoms with Crippen molar-refractivity contribution < 1.29 is 9.53 Å². The molecule has 0 aliphatic heterocycles. The molecule has 1 fully saturated rings. The normalized spacial score (nSPS) is 26.2. The fourth-order valence-corrected chi connectivity index (χ4v) is 2.91. The van der Waals surface area contributed by atoms with Crippen molar-refractivity contribution in [3.63, 3.8) is 0 Å². The van der Waals surface area contributed by atoms with Crippen LogP contribution < -0.4 is 5.73 Å². The van der Waals surface area contributed by atoms with Gasteiger partial charge in [-0.3, -0.25) is 4.79 Å². The van der Waals surface area contributed by atoms with Crippen molar-refractivity contribution in [3.8, 4) is 0 Å². The van der Waals surface area contributed by atoms with E-state index in [2.05, 4.69) is 19.0 Å². The van der Waals surface area contributed by atoms with Crippen LogP contribution in [0.3, 0.4) is 0 Å². The van der Waals surface area contributed by atoms with Crippen LogP contribution >= 0.6 is 0 Å². The Kier molecular flexibility index (Phi) is 6.92. The third-order valence-corrected chi connectivity index (χ3v) is 4.40. The Morgan fingerprint density at radius 2 is 2.05 bits per heavy atom. The second-order valence-corrected chi connectivity index (χ2v) is 6.36. The van der Waals surface area contributed by atoms with Gasteiger partial charge in [0.1, 0.15) is 0 Å². The monoisotopic (exact) mass is 285 g/mol. The van der Waals surface area contributed by atoms with Gasteiger partial charge < -0.3 is 20.3 Å². The summed E-state index contributed by atoms with van der Waals surface area (Å²) in [6.07, 6.45) is 3.90. The molecule has 5 nitrogen and oxygen atoms in total. The third kappa shape index (κ3) is 4.43. The van der Waals surface area contributed by atoms with E-state index in [1.165, 1.54) is 0 Å². The van der Waals surface area contributed by atoms with Crippen molar-refractivity contribution in [3.05, 3.63) is 0 Å². The number of carbonyl (C=O) groups excluding carboxylic acids is 1. The number of carbonyl (C=O) groups is 1. The molecule has 1 saturated carbocycles. The SMILES string of the molecule is COCCN(CCCN(C)C)C(=O)C1(C)CCCC1N. The molecule has 0 bridgehead atoms. The van der Waals surface area contributed by atoms with E-state index in [0.717, 1.165) is 38.8 Å². The Morgan fingerprint density at radius 1 is 1.35 bits per heavy atom. The topological polar surface area (TPSA) is 58.8 Å². The first kappa shape index (κ1) is 17.4. The predicted octanol–water partition coefficient (Wildman–Crippen LogP) is 0.931. The van der Waals surface area contributed by atoms with E-state index in [1.807, 2.05) is 11.8 Å². The molecule has 0 aromatic carbocycles. The molecule has 2 N–H and O–H groups in total. The highest BCUT2D eigenvalue weighted by atomic mass is 16.5. The van der Waals surface area contributed by atoms with Crippen molar-refractivity contribution >= 4 is 5.91 Å². The minimum absolute atomic E-state index is 0.00565. The van der Waals surface area contributed by atoms with E-state index in [1.54, 1.807) is 7.11 Å². The van der Waals surface area contributed by atoms with E-state index in [4.69, 9.17) is 10.5 Å². The van der Waals surface area contributed by atoms with Crippen molar-refractivity contribution in [2.75, 3.05) is 47.4 Å². The summed E-state index contributed by atoms with van der Waals surface area (Å²) >= 11 is 0. The molecule has 0 aromatic rings. The lowest BCUT2D eigenvalue weighted by molar-refractivity contribution is -0.142. The molecule has 0 aromatic heterocycles. The van der Waals surface area contributed by atoms with Crippen LogP contribution in [0.2, 0.25) is 0 Å². The zero-order chi connectivity index (χ0) is 15.2. The van der Waals surface area contributed by atoms with E-state index in [0.29, 0.717) is 13.2 Å². The molecule has 0 heterocycles. The van der Waals surface area contributed by atoms with Crippen LogP contribution in [0.25, 0.3) is 0 Å². The number of amides is 1. The maximum atomic E-state index is 12.8. The van der Waals surface area contributed by atoms with E-state index < -0.39 is 0 Å². The molecule has 1 aliphatic rings. The van der Waals surface area contributed by atoms with Gasteiger partial charge in [0.15, 0.2) is 0 Å². The van der Waals surface area contributed by atoms with Crippen LogP contribution in [0.4, 0.5) is 0 Å². The summed E-state index contributed by atoms with van der Waals surface area (Å²) < 4.78 is 5.14. The first-order chi connectivity index (χ1) is 9.41. The number of hydrogen-bond donors (Lipinski definition) is 1. The number of ether oxygens (including phenoxy) is 1. The van der Waals surface area contributed by atoms with Gasteiger partial charge in [-0.15, -0.1) is 0 Å². The van der Waals surface area contributed by atoms with Crippen molar-refractivity contribution in [2.45, 2.75) is 38.6 Å². The van der Waals surface area contributed by atoms with Crippen LogP contribution in [0.5, 0.6) is 0 Å². The second-order valence-electron chi connectivity index (χ2n) is 6.36. The van der Waals surface area contributed by atoms with Crippen LogP contribution in [-0.2, 0) is 9.53 Å². The highest BCUT2D eigenvalue weighted by molar-refractivity contribution is 5.83. The number of methoxy groups -OCH3 is 1. The van der Waals surface area contributed by atoms with Crippen LogP contribution in [0, 0.1) is 5.41 Å². The summed E-state index contributed by atoms with van der Waals surface area (Å²) in [6.45, 7) is 5.03. The largest absolute Gasteiger partial charge is 0.383 e. The number of nitrogens with two attached hydrogens (primary N) is 1. The highest BCUT2D eigenvalue weighted by Crippen LogP contribution is 2.38. The third-order valence-electron chi connectivity index (χ3n) is 4.40. The molecule has 1 aliphatic carbocycles. The van der Waals surface area contributed by atoms with E-state index in [9.17, 15) is 4.79 Å². The average Bonchev–Trinajstić information content (AvgIpc) is 2.74. The smallest absolute Gasteiger partial charge is 0.230 e. The van der Waals surface area contributed by atoms with Crippen LogP contribution in [0.1, 0.15) is 32.6 Å². The summed E-state index contributed by atoms with van der Waals surface area (Å²) in [7, 11) is 5.77. The zero-order valence-electron chi connectivity index (χ0n) is 13.5. The summed E-state index contributed by atoms with van der Waals surface area (Å²) in [5, 5.41) is 0. The molecule has 5 heteroatoms. The van der Waals surface area contributed by atoms with Gasteiger partial charge in [-0.1, -0.05) is 6.42 Å². The average molecular weight is 285 g/mol. The van der Waals surface area contributed by atoms with Gasteiger partial charge in [0.2, 0.25) is 5.91 Å². The van der Waals surface area contributed by atoms with Gasteiger partial charge in [0.25, 0.3) is 0 Å². The van der Waals surface area contributed by atoms with Gasteiger partial charge in [-0.25, -0.2) is 0 Å². The first-order valence-electron chi connectivity index (χ1n) is 7.60. The lowest BCUT2D eigenvalue weighted by Crippen LogP contribution is -2.50. The van der Waals surface area contributed by atoms with E-state index in [-0.39, 0.29) is 17.4 Å². The van der Waals surface area contributed by atoms with Crippen molar-refractivity contribution in [2.24, 2.45) is 11.1 Å². The first-order valence-corrected chi connectivity index (χ1v) is 7.60. The molecule has 1 amide bonds. The predicted molar refractivity (Wildman–Crippen MR) is 81.6 cm³/mol. The van der Waals surface area contributed by atoms with E-state index >= 15 is 0 Å². The van der Waals surface area contributed by atoms with Gasteiger partial charge >= 0.3 is 0 Å². The molecule has 118 valence electrons. The van der Waals surface area contributed by atoms with Crippen molar-refractivity contribution in [1.29, 1.82) is 0 Å². The fraction of sp³-hybridized carbons (Fsp3) is 0.933. The van der Waals surface area contributed by atoms with Gasteiger partial charge in [0.05, 0.1) is 12.0 Å². The molecule has 0 saturated heterocycles. The Bertz CT molecular complexity index is 309. The van der Waals surface area contributed by atoms with Crippen LogP contribution in [-0.4, -0.2) is 69.2 Å². The minimum atomic E-state index is -0.383. The number of rotatable bonds is 8. The highest BCUT2D eigenvalue weighted by Gasteiger charge is 2.44. The van der Waals surface area contributed by atoms with Crippen LogP contribution in [0.15, 0.2) is 0 Å². The Balaban J connectivity index is 2.63. The summed E-state index contributed by atoms with van der Waals surface area (Å²) in [5.41, 5.74) is 5.79. The molecule has 20 heavy (non-hydrogen) atoms. The van der Waals surface area contributed by atoms with Crippen molar-refractivity contribution in [1.82, 2.24) is 9.80 Å². The molecule has 0 radical (unpaired) electrons. The molecule has 2 unspecified atom stereocenters. The standard InChI is InChI=1S/C15H31N3O2/c1-15(8-5-7-13(15)16)14(19)18(11-12-20-4)10-6-9-17(2)3/h13H,5-12,16H2,1-4H3. The van der Waals surface area contributed by atoms with Gasteiger partial charge in [0, 0.05) is 26.2 Å². The maximum Gasteiger partial charge on any atom is 0.230 e. The molecule has 2 atom stereocenters. The zero-order valence-corrected chi connectivity index (χ0v) is 13.5. The number of nitrogens with zero attached hydrogens (tertiary/aromatic N) is 2. The number of hydrogen-bond acceptors (Lipinski definition) is 4. The van der Waals surface area contributed by atoms with Gasteiger partial charge in [-0.05, 0) is 46.8 Å². The maximum absolute atomic E-state index is 12.8. The summed E-state index contributed by atoms with van der Waals surface area (Å²) in [4.78, 5) is 16.9. The molecular weight excluding hydrogens is 254 g/mol. The van der Waals surface area contributed by atoms with Gasteiger partial charge in [-0.2, -0.15) is 0 Å². The summed E-state index contributed by atoms with van der Waals surface area (Å²) in [5.74, 6) is 0.207. The lowest BCUT2D eigenvalue weighted by atomic mass is 9.83. The fourth-order valence-electron chi connectivity index (χ4n) is 2.91. The summed E-state index contributed by atoms with van der Waals surface area (Å²) in [6, 6.07) is -0.00565. The lowest BCUT2D eigenvalue weighted by Gasteiger charge is -2.34. The Hall–Kier alpha value is -0.650. The molecular formula is C15H31N3O2. The molecule has 1 rings (SSSR count). The second kappa shape index (κ2) is 7.96. The Morgan fingerprint density at radius 3 is 2.55 bits per heavy atom. The Labute approximate surface area is 123 Å².